The highest BCUT2D eigenvalue weighted by Gasteiger charge is 2.35. The number of halogens is 2. The zero-order valence-electron chi connectivity index (χ0n) is 13.8. The predicted molar refractivity (Wildman–Crippen MR) is 105 cm³/mol. The van der Waals surface area contributed by atoms with Gasteiger partial charge in [0.1, 0.15) is 0 Å². The average Bonchev–Trinajstić information content (AvgIpc) is 2.89. The van der Waals surface area contributed by atoms with E-state index in [1.54, 1.807) is 11.3 Å². The average molecular weight is 390 g/mol. The number of hydrogen-bond acceptors (Lipinski definition) is 4. The highest BCUT2D eigenvalue weighted by molar-refractivity contribution is 7.18. The van der Waals surface area contributed by atoms with Crippen molar-refractivity contribution in [2.45, 2.75) is 57.0 Å². The van der Waals surface area contributed by atoms with Gasteiger partial charge in [-0.2, -0.15) is 0 Å². The minimum Gasteiger partial charge on any atom is -0.352 e. The fraction of sp³-hybridized carbons (Fsp3) is 0.529. The van der Waals surface area contributed by atoms with Crippen molar-refractivity contribution in [2.24, 2.45) is 5.73 Å². The van der Waals surface area contributed by atoms with Gasteiger partial charge in [-0.15, -0.1) is 36.2 Å². The Kier molecular flexibility index (Phi) is 7.93. The number of carbonyl (C=O) groups is 1. The van der Waals surface area contributed by atoms with Crippen LogP contribution in [0.2, 0.25) is 0 Å². The summed E-state index contributed by atoms with van der Waals surface area (Å²) in [6.45, 7) is 2.02. The van der Waals surface area contributed by atoms with Gasteiger partial charge in [-0.05, 0) is 31.9 Å². The van der Waals surface area contributed by atoms with Gasteiger partial charge >= 0.3 is 0 Å². The summed E-state index contributed by atoms with van der Waals surface area (Å²) in [5.74, 6) is 0.000751. The molecule has 7 heteroatoms. The molecule has 0 radical (unpaired) electrons. The number of nitrogens with zero attached hydrogens (tertiary/aromatic N) is 1. The third-order valence-electron chi connectivity index (χ3n) is 4.39. The predicted octanol–water partition coefficient (Wildman–Crippen LogP) is 3.85. The molecule has 1 aromatic heterocycles. The van der Waals surface area contributed by atoms with Crippen LogP contribution in [0.25, 0.3) is 10.2 Å². The first-order valence-electron chi connectivity index (χ1n) is 8.01. The number of benzene rings is 1. The smallest absolute Gasteiger partial charge is 0.240 e. The molecule has 24 heavy (non-hydrogen) atoms. The highest BCUT2D eigenvalue weighted by atomic mass is 35.5. The van der Waals surface area contributed by atoms with Gasteiger partial charge in [0.05, 0.1) is 20.8 Å². The van der Waals surface area contributed by atoms with Crippen molar-refractivity contribution < 1.29 is 4.79 Å². The van der Waals surface area contributed by atoms with Crippen LogP contribution >= 0.6 is 36.2 Å². The van der Waals surface area contributed by atoms with Crippen molar-refractivity contribution in [2.75, 3.05) is 0 Å². The molecular formula is C17H25Cl2N3OS. The molecule has 1 aliphatic carbocycles. The SMILES string of the molecule is CC(Cc1nc2ccccc2s1)NC(=O)C1(N)CCCCC1.Cl.Cl. The summed E-state index contributed by atoms with van der Waals surface area (Å²) in [7, 11) is 0. The second-order valence-electron chi connectivity index (χ2n) is 6.37. The summed E-state index contributed by atoms with van der Waals surface area (Å²) in [5, 5.41) is 4.14. The second kappa shape index (κ2) is 8.99. The zero-order chi connectivity index (χ0) is 15.6. The standard InChI is InChI=1S/C17H23N3OS.2ClH/c1-12(19-16(21)17(18)9-5-2-6-10-17)11-15-20-13-7-3-4-8-14(13)22-15;;/h3-4,7-8,12H,2,5-6,9-11,18H2,1H3,(H,19,21);2*1H. The van der Waals surface area contributed by atoms with Crippen LogP contribution in [0.4, 0.5) is 0 Å². The lowest BCUT2D eigenvalue weighted by Crippen LogP contribution is -2.56. The largest absolute Gasteiger partial charge is 0.352 e. The Morgan fingerprint density at radius 2 is 1.96 bits per heavy atom. The molecule has 3 N–H and O–H groups in total. The lowest BCUT2D eigenvalue weighted by Gasteiger charge is -2.32. The van der Waals surface area contributed by atoms with Gasteiger partial charge < -0.3 is 11.1 Å². The first-order valence-corrected chi connectivity index (χ1v) is 8.83. The third-order valence-corrected chi connectivity index (χ3v) is 5.45. The Bertz CT molecular complexity index is 638. The number of thiazole rings is 1. The van der Waals surface area contributed by atoms with Crippen LogP contribution in [-0.2, 0) is 11.2 Å². The lowest BCUT2D eigenvalue weighted by atomic mass is 9.82. The van der Waals surface area contributed by atoms with Gasteiger partial charge in [-0.25, -0.2) is 4.98 Å². The fourth-order valence-electron chi connectivity index (χ4n) is 3.10. The van der Waals surface area contributed by atoms with Crippen molar-refractivity contribution in [1.82, 2.24) is 10.3 Å². The van der Waals surface area contributed by atoms with Crippen LogP contribution in [0, 0.1) is 0 Å². The van der Waals surface area contributed by atoms with E-state index in [-0.39, 0.29) is 36.8 Å². The maximum atomic E-state index is 12.4. The molecule has 0 aliphatic heterocycles. The summed E-state index contributed by atoms with van der Waals surface area (Å²) >= 11 is 1.69. The molecule has 4 nitrogen and oxygen atoms in total. The number of nitrogens with one attached hydrogen (secondary N) is 1. The molecule has 1 saturated carbocycles. The third kappa shape index (κ3) is 4.82. The molecule has 0 saturated heterocycles. The Morgan fingerprint density at radius 1 is 1.29 bits per heavy atom. The molecule has 0 spiro atoms. The van der Waals surface area contributed by atoms with Gasteiger partial charge in [0.25, 0.3) is 0 Å². The van der Waals surface area contributed by atoms with E-state index in [9.17, 15) is 4.79 Å². The minimum absolute atomic E-state index is 0. The first kappa shape index (κ1) is 21.2. The molecule has 2 aromatic rings. The number of aromatic nitrogens is 1. The molecule has 3 rings (SSSR count). The number of carbonyl (C=O) groups excluding carboxylic acids is 1. The molecule has 1 fully saturated rings. The molecule has 1 atom stereocenters. The van der Waals surface area contributed by atoms with E-state index in [0.29, 0.717) is 0 Å². The molecule has 1 amide bonds. The van der Waals surface area contributed by atoms with E-state index in [4.69, 9.17) is 5.73 Å². The summed E-state index contributed by atoms with van der Waals surface area (Å²) < 4.78 is 1.19. The van der Waals surface area contributed by atoms with Crippen LogP contribution in [0.15, 0.2) is 24.3 Å². The topological polar surface area (TPSA) is 68.0 Å². The van der Waals surface area contributed by atoms with E-state index >= 15 is 0 Å². The monoisotopic (exact) mass is 389 g/mol. The van der Waals surface area contributed by atoms with Crippen molar-refractivity contribution in [3.63, 3.8) is 0 Å². The van der Waals surface area contributed by atoms with Gasteiger partial charge in [0, 0.05) is 12.5 Å². The molecule has 1 aliphatic rings. The van der Waals surface area contributed by atoms with Crippen LogP contribution in [-0.4, -0.2) is 22.5 Å². The van der Waals surface area contributed by atoms with Crippen molar-refractivity contribution in [3.8, 4) is 0 Å². The van der Waals surface area contributed by atoms with Crippen molar-refractivity contribution in [1.29, 1.82) is 0 Å². The van der Waals surface area contributed by atoms with Gasteiger partial charge in [-0.1, -0.05) is 31.4 Å². The zero-order valence-corrected chi connectivity index (χ0v) is 16.2. The van der Waals surface area contributed by atoms with Crippen molar-refractivity contribution in [3.05, 3.63) is 29.3 Å². The number of amides is 1. The number of hydrogen-bond donors (Lipinski definition) is 2. The summed E-state index contributed by atoms with van der Waals surface area (Å²) in [6.07, 6.45) is 5.64. The number of nitrogens with two attached hydrogens (primary N) is 1. The van der Waals surface area contributed by atoms with Crippen LogP contribution < -0.4 is 11.1 Å². The van der Waals surface area contributed by atoms with Gasteiger partial charge in [0.2, 0.25) is 5.91 Å². The minimum atomic E-state index is -0.667. The summed E-state index contributed by atoms with van der Waals surface area (Å²) in [4.78, 5) is 17.1. The Hall–Kier alpha value is -0.880. The second-order valence-corrected chi connectivity index (χ2v) is 7.49. The molecule has 1 heterocycles. The molecule has 134 valence electrons. The van der Waals surface area contributed by atoms with Crippen LogP contribution in [0.1, 0.15) is 44.0 Å². The Morgan fingerprint density at radius 3 is 2.62 bits per heavy atom. The molecular weight excluding hydrogens is 365 g/mol. The maximum Gasteiger partial charge on any atom is 0.240 e. The summed E-state index contributed by atoms with van der Waals surface area (Å²) in [5.41, 5.74) is 6.65. The normalized spacial score (nSPS) is 17.4. The highest BCUT2D eigenvalue weighted by Crippen LogP contribution is 2.26. The fourth-order valence-corrected chi connectivity index (χ4v) is 4.19. The number of rotatable bonds is 4. The van der Waals surface area contributed by atoms with Gasteiger partial charge in [-0.3, -0.25) is 4.79 Å². The van der Waals surface area contributed by atoms with Crippen LogP contribution in [0.5, 0.6) is 0 Å². The first-order chi connectivity index (χ1) is 10.6. The van der Waals surface area contributed by atoms with E-state index in [0.717, 1.165) is 42.6 Å². The number of para-hydroxylation sites is 1. The van der Waals surface area contributed by atoms with E-state index < -0.39 is 5.54 Å². The van der Waals surface area contributed by atoms with Gasteiger partial charge in [0.15, 0.2) is 0 Å². The quantitative estimate of drug-likeness (QED) is 0.833. The lowest BCUT2D eigenvalue weighted by molar-refractivity contribution is -0.128. The van der Waals surface area contributed by atoms with E-state index in [1.165, 1.54) is 11.1 Å². The summed E-state index contributed by atoms with van der Waals surface area (Å²) in [6, 6.07) is 8.18. The molecule has 1 unspecified atom stereocenters. The van der Waals surface area contributed by atoms with E-state index in [1.807, 2.05) is 25.1 Å². The Balaban J connectivity index is 0.00000144. The number of fused-ring (bicyclic) bond motifs is 1. The van der Waals surface area contributed by atoms with Crippen LogP contribution in [0.3, 0.4) is 0 Å². The van der Waals surface area contributed by atoms with Crippen molar-refractivity contribution >= 4 is 52.3 Å². The van der Waals surface area contributed by atoms with E-state index in [2.05, 4.69) is 16.4 Å². The maximum absolute atomic E-state index is 12.4. The Labute approximate surface area is 159 Å². The molecule has 1 aromatic carbocycles. The molecule has 0 bridgehead atoms.